The van der Waals surface area contributed by atoms with Gasteiger partial charge >= 0.3 is 5.97 Å². The first-order chi connectivity index (χ1) is 14.2. The Kier molecular flexibility index (Phi) is 10.5. The topological polar surface area (TPSA) is 37.3 Å². The standard InChI is InChI=1S/C26H29O2P.HI/c27-26(28)21-13-2-1-3-14-22-29(23-15-7-4-8-16-23,24-17-9-5-10-18-24)25-19-11-6-12-20-25;/h4-12,15-20H,1-3,13-14,21-22H2;1H. The van der Waals surface area contributed by atoms with E-state index in [0.29, 0.717) is 0 Å². The molecule has 30 heavy (non-hydrogen) atoms. The van der Waals surface area contributed by atoms with Crippen LogP contribution < -0.4 is 39.9 Å². The average molecular weight is 532 g/mol. The van der Waals surface area contributed by atoms with Gasteiger partial charge in [0.25, 0.3) is 0 Å². The molecule has 0 radical (unpaired) electrons. The van der Waals surface area contributed by atoms with Gasteiger partial charge in [0.05, 0.1) is 6.16 Å². The predicted molar refractivity (Wildman–Crippen MR) is 125 cm³/mol. The van der Waals surface area contributed by atoms with E-state index >= 15 is 0 Å². The Balaban J connectivity index is 0.00000320. The van der Waals surface area contributed by atoms with Gasteiger partial charge in [-0.15, -0.1) is 0 Å². The Bertz CT molecular complexity index is 773. The van der Waals surface area contributed by atoms with Crippen molar-refractivity contribution in [1.82, 2.24) is 0 Å². The number of carboxylic acid groups (broad SMARTS) is 1. The maximum absolute atomic E-state index is 10.7. The molecular formula is C26H30IO2P. The first-order valence-electron chi connectivity index (χ1n) is 10.5. The third kappa shape index (κ3) is 6.39. The Labute approximate surface area is 198 Å². The number of carboxylic acids is 1. The number of hydrogen-bond acceptors (Lipinski definition) is 1. The van der Waals surface area contributed by atoms with Crippen LogP contribution in [0.5, 0.6) is 0 Å². The lowest BCUT2D eigenvalue weighted by molar-refractivity contribution is -0.137. The Hall–Kier alpha value is -1.71. The fourth-order valence-electron chi connectivity index (χ4n) is 4.04. The van der Waals surface area contributed by atoms with Gasteiger partial charge < -0.3 is 29.1 Å². The third-order valence-electron chi connectivity index (χ3n) is 5.48. The lowest BCUT2D eigenvalue weighted by atomic mass is 10.1. The summed E-state index contributed by atoms with van der Waals surface area (Å²) in [4.78, 5) is 10.7. The smallest absolute Gasteiger partial charge is 0.303 e. The predicted octanol–water partition coefficient (Wildman–Crippen LogP) is 2.41. The fraction of sp³-hybridized carbons (Fsp3) is 0.269. The minimum atomic E-state index is -1.72. The van der Waals surface area contributed by atoms with Crippen molar-refractivity contribution in [3.8, 4) is 0 Å². The van der Waals surface area contributed by atoms with Crippen LogP contribution in [0.3, 0.4) is 0 Å². The van der Waals surface area contributed by atoms with Crippen molar-refractivity contribution >= 4 is 29.1 Å². The van der Waals surface area contributed by atoms with Crippen LogP contribution in [0, 0.1) is 0 Å². The van der Waals surface area contributed by atoms with E-state index in [1.54, 1.807) is 0 Å². The molecule has 4 heteroatoms. The minimum absolute atomic E-state index is 0. The van der Waals surface area contributed by atoms with Crippen LogP contribution in [-0.2, 0) is 4.79 Å². The van der Waals surface area contributed by atoms with E-state index in [1.165, 1.54) is 15.9 Å². The van der Waals surface area contributed by atoms with E-state index in [1.807, 2.05) is 0 Å². The molecule has 0 saturated heterocycles. The molecule has 3 aromatic rings. The molecule has 158 valence electrons. The molecule has 3 rings (SSSR count). The molecule has 1 N–H and O–H groups in total. The van der Waals surface area contributed by atoms with E-state index in [9.17, 15) is 4.79 Å². The summed E-state index contributed by atoms with van der Waals surface area (Å²) in [5.74, 6) is -0.688. The summed E-state index contributed by atoms with van der Waals surface area (Å²) in [6.07, 6.45) is 6.61. The van der Waals surface area contributed by atoms with E-state index in [0.717, 1.165) is 38.3 Å². The molecule has 2 nitrogen and oxygen atoms in total. The third-order valence-corrected chi connectivity index (χ3v) is 10.0. The zero-order valence-electron chi connectivity index (χ0n) is 17.3. The first-order valence-corrected chi connectivity index (χ1v) is 12.5. The molecule has 0 bridgehead atoms. The second-order valence-corrected chi connectivity index (χ2v) is 11.1. The van der Waals surface area contributed by atoms with Crippen molar-refractivity contribution in [1.29, 1.82) is 0 Å². The number of unbranched alkanes of at least 4 members (excludes halogenated alkanes) is 4. The van der Waals surface area contributed by atoms with Crippen molar-refractivity contribution < 1.29 is 33.9 Å². The molecule has 0 atom stereocenters. The molecule has 0 unspecified atom stereocenters. The zero-order valence-corrected chi connectivity index (χ0v) is 20.3. The lowest BCUT2D eigenvalue weighted by Crippen LogP contribution is -3.00. The summed E-state index contributed by atoms with van der Waals surface area (Å²) in [5, 5.41) is 13.1. The van der Waals surface area contributed by atoms with Gasteiger partial charge in [-0.2, -0.15) is 0 Å². The van der Waals surface area contributed by atoms with Gasteiger partial charge in [0.15, 0.2) is 0 Å². The van der Waals surface area contributed by atoms with Crippen LogP contribution in [-0.4, -0.2) is 17.2 Å². The summed E-state index contributed by atoms with van der Waals surface area (Å²) in [6.45, 7) is 0. The highest BCUT2D eigenvalue weighted by Crippen LogP contribution is 2.55. The number of carbonyl (C=O) groups is 1. The summed E-state index contributed by atoms with van der Waals surface area (Å²) in [5.41, 5.74) is 0. The first kappa shape index (κ1) is 24.6. The number of aliphatic carboxylic acids is 1. The molecule has 0 aliphatic rings. The Morgan fingerprint density at radius 3 is 1.37 bits per heavy atom. The number of rotatable bonds is 11. The van der Waals surface area contributed by atoms with Gasteiger partial charge in [-0.25, -0.2) is 0 Å². The fourth-order valence-corrected chi connectivity index (χ4v) is 8.45. The highest BCUT2D eigenvalue weighted by Gasteiger charge is 2.44. The van der Waals surface area contributed by atoms with Gasteiger partial charge in [0.2, 0.25) is 0 Å². The van der Waals surface area contributed by atoms with Gasteiger partial charge in [0.1, 0.15) is 23.2 Å². The molecule has 0 spiro atoms. The van der Waals surface area contributed by atoms with E-state index in [-0.39, 0.29) is 30.4 Å². The van der Waals surface area contributed by atoms with Crippen LogP contribution in [0.1, 0.15) is 38.5 Å². The maximum Gasteiger partial charge on any atom is 0.303 e. The van der Waals surface area contributed by atoms with E-state index in [4.69, 9.17) is 5.11 Å². The second kappa shape index (κ2) is 12.9. The van der Waals surface area contributed by atoms with E-state index in [2.05, 4.69) is 91.0 Å². The molecule has 0 aliphatic heterocycles. The maximum atomic E-state index is 10.7. The highest BCUT2D eigenvalue weighted by molar-refractivity contribution is 7.95. The van der Waals surface area contributed by atoms with Crippen LogP contribution in [0.2, 0.25) is 0 Å². The normalized spacial score (nSPS) is 10.9. The molecular weight excluding hydrogens is 502 g/mol. The zero-order chi connectivity index (χ0) is 20.4. The highest BCUT2D eigenvalue weighted by atomic mass is 127. The van der Waals surface area contributed by atoms with Crippen LogP contribution in [0.4, 0.5) is 0 Å². The SMILES string of the molecule is O=C(O)CCCCCCC[P+](c1ccccc1)(c1ccccc1)c1ccccc1.[I-]. The molecule has 0 heterocycles. The summed E-state index contributed by atoms with van der Waals surface area (Å²) in [7, 11) is -1.72. The van der Waals surface area contributed by atoms with Gasteiger partial charge in [-0.05, 0) is 55.7 Å². The monoisotopic (exact) mass is 532 g/mol. The molecule has 0 amide bonds. The quantitative estimate of drug-likeness (QED) is 0.234. The molecule has 0 saturated carbocycles. The van der Waals surface area contributed by atoms with Crippen molar-refractivity contribution in [2.75, 3.05) is 6.16 Å². The van der Waals surface area contributed by atoms with Crippen molar-refractivity contribution in [2.24, 2.45) is 0 Å². The van der Waals surface area contributed by atoms with Crippen LogP contribution in [0.15, 0.2) is 91.0 Å². The second-order valence-electron chi connectivity index (χ2n) is 7.45. The summed E-state index contributed by atoms with van der Waals surface area (Å²) >= 11 is 0. The van der Waals surface area contributed by atoms with Crippen molar-refractivity contribution in [2.45, 2.75) is 38.5 Å². The van der Waals surface area contributed by atoms with Crippen LogP contribution in [0.25, 0.3) is 0 Å². The largest absolute Gasteiger partial charge is 1.00 e. The van der Waals surface area contributed by atoms with Crippen molar-refractivity contribution in [3.05, 3.63) is 91.0 Å². The van der Waals surface area contributed by atoms with Gasteiger partial charge in [-0.1, -0.05) is 67.4 Å². The average Bonchev–Trinajstić information content (AvgIpc) is 2.77. The summed E-state index contributed by atoms with van der Waals surface area (Å²) < 4.78 is 0. The number of halogens is 1. The van der Waals surface area contributed by atoms with Crippen LogP contribution >= 0.6 is 7.26 Å². The summed E-state index contributed by atoms with van der Waals surface area (Å²) in [6, 6.07) is 33.0. The molecule has 0 aromatic heterocycles. The lowest BCUT2D eigenvalue weighted by Gasteiger charge is -2.27. The molecule has 0 fully saturated rings. The Morgan fingerprint density at radius 1 is 0.600 bits per heavy atom. The molecule has 3 aromatic carbocycles. The number of hydrogen-bond donors (Lipinski definition) is 1. The van der Waals surface area contributed by atoms with E-state index < -0.39 is 13.2 Å². The van der Waals surface area contributed by atoms with Crippen molar-refractivity contribution in [3.63, 3.8) is 0 Å². The molecule has 0 aliphatic carbocycles. The van der Waals surface area contributed by atoms with Gasteiger partial charge in [-0.3, -0.25) is 4.79 Å². The Morgan fingerprint density at radius 2 is 0.967 bits per heavy atom. The number of benzene rings is 3. The minimum Gasteiger partial charge on any atom is -1.00 e. The van der Waals surface area contributed by atoms with Gasteiger partial charge in [0, 0.05) is 6.42 Å².